The Hall–Kier alpha value is -1.36. The Bertz CT molecular complexity index is 517. The Morgan fingerprint density at radius 3 is 2.93 bits per heavy atom. The molecule has 1 N–H and O–H groups in total. The summed E-state index contributed by atoms with van der Waals surface area (Å²) < 4.78 is 2.56. The Morgan fingerprint density at radius 1 is 1.53 bits per heavy atom. The zero-order valence-electron chi connectivity index (χ0n) is 8.14. The average molecular weight is 268 g/mol. The van der Waals surface area contributed by atoms with Gasteiger partial charge in [0.15, 0.2) is 0 Å². The lowest BCUT2D eigenvalue weighted by atomic mass is 10.1. The van der Waals surface area contributed by atoms with Crippen LogP contribution in [0.3, 0.4) is 0 Å². The molecule has 1 atom stereocenters. The summed E-state index contributed by atoms with van der Waals surface area (Å²) in [4.78, 5) is 11.4. The van der Waals surface area contributed by atoms with Crippen molar-refractivity contribution in [3.63, 3.8) is 0 Å². The number of hydrogen-bond acceptors (Lipinski definition) is 2. The van der Waals surface area contributed by atoms with Crippen LogP contribution < -0.4 is 5.69 Å². The second-order valence-corrected chi connectivity index (χ2v) is 4.22. The third-order valence-corrected chi connectivity index (χ3v) is 2.82. The maximum atomic E-state index is 11.4. The van der Waals surface area contributed by atoms with E-state index >= 15 is 0 Å². The Labute approximate surface area is 95.1 Å². The lowest BCUT2D eigenvalue weighted by Crippen LogP contribution is -2.20. The highest BCUT2D eigenvalue weighted by Crippen LogP contribution is 2.19. The maximum absolute atomic E-state index is 11.4. The fourth-order valence-corrected chi connectivity index (χ4v) is 1.88. The van der Waals surface area contributed by atoms with Crippen LogP contribution >= 0.6 is 15.9 Å². The van der Waals surface area contributed by atoms with E-state index in [4.69, 9.17) is 0 Å². The van der Waals surface area contributed by atoms with Crippen molar-refractivity contribution in [3.05, 3.63) is 51.1 Å². The molecule has 2 rings (SSSR count). The molecule has 1 aromatic heterocycles. The molecule has 1 heterocycles. The predicted molar refractivity (Wildman–Crippen MR) is 60.8 cm³/mol. The maximum Gasteiger partial charge on any atom is 0.343 e. The number of H-pyrrole nitrogens is 1. The molecule has 0 radical (unpaired) electrons. The number of hydrogen-bond donors (Lipinski definition) is 1. The van der Waals surface area contributed by atoms with E-state index in [1.54, 1.807) is 4.57 Å². The molecule has 5 heteroatoms. The highest BCUT2D eigenvalue weighted by molar-refractivity contribution is 9.10. The second kappa shape index (κ2) is 4.02. The van der Waals surface area contributed by atoms with Gasteiger partial charge in [-0.3, -0.25) is 4.57 Å². The standard InChI is InChI=1S/C10H10BrN3O/c1-7(14-6-12-13-10(14)15)8-3-2-4-9(11)5-8/h2-7H,1H3,(H,13,15). The van der Waals surface area contributed by atoms with Gasteiger partial charge in [0.2, 0.25) is 0 Å². The summed E-state index contributed by atoms with van der Waals surface area (Å²) in [5.41, 5.74) is 0.871. The summed E-state index contributed by atoms with van der Waals surface area (Å²) in [6.07, 6.45) is 1.51. The summed E-state index contributed by atoms with van der Waals surface area (Å²) in [5.74, 6) is 0. The van der Waals surface area contributed by atoms with Gasteiger partial charge < -0.3 is 0 Å². The van der Waals surface area contributed by atoms with E-state index in [-0.39, 0.29) is 11.7 Å². The van der Waals surface area contributed by atoms with Gasteiger partial charge in [-0.1, -0.05) is 28.1 Å². The van der Waals surface area contributed by atoms with Gasteiger partial charge in [0.25, 0.3) is 0 Å². The van der Waals surface area contributed by atoms with Crippen LogP contribution in [0.15, 0.2) is 39.9 Å². The molecule has 1 aromatic carbocycles. The van der Waals surface area contributed by atoms with Crippen LogP contribution in [0.4, 0.5) is 0 Å². The monoisotopic (exact) mass is 267 g/mol. The first-order valence-corrected chi connectivity index (χ1v) is 5.35. The molecule has 0 fully saturated rings. The van der Waals surface area contributed by atoms with Gasteiger partial charge in [0, 0.05) is 4.47 Å². The molecule has 78 valence electrons. The van der Waals surface area contributed by atoms with Gasteiger partial charge in [0.1, 0.15) is 6.33 Å². The molecular weight excluding hydrogens is 258 g/mol. The zero-order valence-corrected chi connectivity index (χ0v) is 9.73. The Morgan fingerprint density at radius 2 is 2.33 bits per heavy atom. The summed E-state index contributed by atoms with van der Waals surface area (Å²) >= 11 is 3.40. The summed E-state index contributed by atoms with van der Waals surface area (Å²) in [5, 5.41) is 6.08. The first-order valence-electron chi connectivity index (χ1n) is 4.55. The SMILES string of the molecule is CC(c1cccc(Br)c1)n1cn[nH]c1=O. The molecule has 15 heavy (non-hydrogen) atoms. The molecule has 0 spiro atoms. The highest BCUT2D eigenvalue weighted by Gasteiger charge is 2.09. The smallest absolute Gasteiger partial charge is 0.274 e. The fraction of sp³-hybridized carbons (Fsp3) is 0.200. The Kier molecular flexibility index (Phi) is 2.73. The van der Waals surface area contributed by atoms with Crippen LogP contribution in [0.25, 0.3) is 0 Å². The third kappa shape index (κ3) is 2.02. The molecule has 0 saturated carbocycles. The van der Waals surface area contributed by atoms with Crippen molar-refractivity contribution in [2.75, 3.05) is 0 Å². The molecular formula is C10H10BrN3O. The average Bonchev–Trinajstić information content (AvgIpc) is 2.63. The van der Waals surface area contributed by atoms with Gasteiger partial charge >= 0.3 is 5.69 Å². The molecule has 2 aromatic rings. The minimum atomic E-state index is -0.192. The first kappa shape index (κ1) is 10.2. The van der Waals surface area contributed by atoms with Crippen LogP contribution in [0, 0.1) is 0 Å². The number of halogens is 1. The molecule has 4 nitrogen and oxygen atoms in total. The second-order valence-electron chi connectivity index (χ2n) is 3.30. The summed E-state index contributed by atoms with van der Waals surface area (Å²) in [6, 6.07) is 7.85. The van der Waals surface area contributed by atoms with E-state index in [1.165, 1.54) is 6.33 Å². The third-order valence-electron chi connectivity index (χ3n) is 2.33. The molecule has 0 aliphatic rings. The van der Waals surface area contributed by atoms with E-state index in [9.17, 15) is 4.79 Å². The van der Waals surface area contributed by atoms with Gasteiger partial charge in [0.05, 0.1) is 6.04 Å². The van der Waals surface area contributed by atoms with Crippen molar-refractivity contribution in [1.29, 1.82) is 0 Å². The predicted octanol–water partition coefficient (Wildman–Crippen LogP) is 1.94. The molecule has 0 aliphatic heterocycles. The largest absolute Gasteiger partial charge is 0.343 e. The lowest BCUT2D eigenvalue weighted by Gasteiger charge is -2.11. The minimum Gasteiger partial charge on any atom is -0.274 e. The number of aromatic amines is 1. The molecule has 1 unspecified atom stereocenters. The van der Waals surface area contributed by atoms with Crippen LogP contribution in [-0.2, 0) is 0 Å². The van der Waals surface area contributed by atoms with E-state index < -0.39 is 0 Å². The van der Waals surface area contributed by atoms with Crippen LogP contribution in [-0.4, -0.2) is 14.8 Å². The van der Waals surface area contributed by atoms with E-state index in [1.807, 2.05) is 31.2 Å². The number of nitrogens with one attached hydrogen (secondary N) is 1. The van der Waals surface area contributed by atoms with Crippen molar-refractivity contribution in [1.82, 2.24) is 14.8 Å². The Balaban J connectivity index is 2.41. The number of benzene rings is 1. The van der Waals surface area contributed by atoms with Crippen molar-refractivity contribution in [3.8, 4) is 0 Å². The number of aromatic nitrogens is 3. The number of rotatable bonds is 2. The van der Waals surface area contributed by atoms with Gasteiger partial charge in [-0.15, -0.1) is 0 Å². The van der Waals surface area contributed by atoms with Crippen molar-refractivity contribution >= 4 is 15.9 Å². The number of nitrogens with zero attached hydrogens (tertiary/aromatic N) is 2. The van der Waals surface area contributed by atoms with Crippen LogP contribution in [0.5, 0.6) is 0 Å². The zero-order chi connectivity index (χ0) is 10.8. The molecule has 0 bridgehead atoms. The van der Waals surface area contributed by atoms with Crippen LogP contribution in [0.1, 0.15) is 18.5 Å². The van der Waals surface area contributed by atoms with Crippen molar-refractivity contribution < 1.29 is 0 Å². The molecule has 0 saturated heterocycles. The summed E-state index contributed by atoms with van der Waals surface area (Å²) in [7, 11) is 0. The fourth-order valence-electron chi connectivity index (χ4n) is 1.46. The lowest BCUT2D eigenvalue weighted by molar-refractivity contribution is 0.615. The van der Waals surface area contributed by atoms with Gasteiger partial charge in [-0.2, -0.15) is 5.10 Å². The quantitative estimate of drug-likeness (QED) is 0.904. The van der Waals surface area contributed by atoms with E-state index in [0.717, 1.165) is 10.0 Å². The van der Waals surface area contributed by atoms with Crippen LogP contribution in [0.2, 0.25) is 0 Å². The topological polar surface area (TPSA) is 50.7 Å². The first-order chi connectivity index (χ1) is 7.18. The van der Waals surface area contributed by atoms with Gasteiger partial charge in [-0.05, 0) is 24.6 Å². The molecule has 0 aliphatic carbocycles. The minimum absolute atomic E-state index is 0.0197. The van der Waals surface area contributed by atoms with E-state index in [0.29, 0.717) is 0 Å². The van der Waals surface area contributed by atoms with Crippen molar-refractivity contribution in [2.24, 2.45) is 0 Å². The van der Waals surface area contributed by atoms with Crippen molar-refractivity contribution in [2.45, 2.75) is 13.0 Å². The van der Waals surface area contributed by atoms with E-state index in [2.05, 4.69) is 26.1 Å². The summed E-state index contributed by atoms with van der Waals surface area (Å²) in [6.45, 7) is 1.96. The molecule has 0 amide bonds. The van der Waals surface area contributed by atoms with Gasteiger partial charge in [-0.25, -0.2) is 9.89 Å². The normalized spacial score (nSPS) is 12.7. The highest BCUT2D eigenvalue weighted by atomic mass is 79.9.